The number of aromatic nitrogens is 1. The number of halogens is 3. The first kappa shape index (κ1) is 14.6. The average Bonchev–Trinajstić information content (AvgIpc) is 3.10. The van der Waals surface area contributed by atoms with E-state index in [-0.39, 0.29) is 26.5 Å². The van der Waals surface area contributed by atoms with Crippen LogP contribution in [0.4, 0.5) is 8.78 Å². The van der Waals surface area contributed by atoms with Crippen LogP contribution in [-0.4, -0.2) is 40.3 Å². The summed E-state index contributed by atoms with van der Waals surface area (Å²) in [4.78, 5) is 28.5. The molecule has 3 rings (SSSR count). The minimum atomic E-state index is -2.74. The van der Waals surface area contributed by atoms with Gasteiger partial charge in [0.2, 0.25) is 5.91 Å². The molecule has 2 aliphatic heterocycles. The van der Waals surface area contributed by atoms with E-state index in [1.807, 2.05) is 0 Å². The summed E-state index contributed by atoms with van der Waals surface area (Å²) in [6.07, 6.45) is -0.918. The van der Waals surface area contributed by atoms with Gasteiger partial charge in [-0.2, -0.15) is 0 Å². The van der Waals surface area contributed by atoms with Crippen molar-refractivity contribution in [3.63, 3.8) is 0 Å². The normalized spacial score (nSPS) is 25.1. The third-order valence-electron chi connectivity index (χ3n) is 3.87. The van der Waals surface area contributed by atoms with Gasteiger partial charge in [0.05, 0.1) is 5.54 Å². The maximum Gasteiger partial charge on any atom is 0.282 e. The summed E-state index contributed by atoms with van der Waals surface area (Å²) < 4.78 is 25.4. The first-order valence-electron chi connectivity index (χ1n) is 6.45. The summed E-state index contributed by atoms with van der Waals surface area (Å²) in [7, 11) is 0. The number of carbonyl (C=O) groups is 2. The molecule has 114 valence electrons. The zero-order chi connectivity index (χ0) is 15.2. The Morgan fingerprint density at radius 2 is 2.24 bits per heavy atom. The van der Waals surface area contributed by atoms with E-state index in [1.165, 1.54) is 4.90 Å². The predicted octanol–water partition coefficient (Wildman–Crippen LogP) is 2.23. The Morgan fingerprint density at radius 1 is 1.48 bits per heavy atom. The van der Waals surface area contributed by atoms with E-state index in [9.17, 15) is 18.4 Å². The Hall–Kier alpha value is -1.28. The van der Waals surface area contributed by atoms with Crippen LogP contribution in [0.5, 0.6) is 0 Å². The van der Waals surface area contributed by atoms with E-state index < -0.39 is 12.3 Å². The maximum atomic E-state index is 12.7. The second-order valence-corrected chi connectivity index (χ2v) is 6.67. The molecule has 1 aromatic rings. The van der Waals surface area contributed by atoms with Gasteiger partial charge in [0.15, 0.2) is 5.01 Å². The second-order valence-electron chi connectivity index (χ2n) is 5.28. The van der Waals surface area contributed by atoms with E-state index in [0.717, 1.165) is 0 Å². The lowest BCUT2D eigenvalue weighted by atomic mass is 9.97. The highest BCUT2D eigenvalue weighted by Crippen LogP contribution is 2.35. The van der Waals surface area contributed by atoms with Crippen LogP contribution in [-0.2, 0) is 4.79 Å². The fourth-order valence-corrected chi connectivity index (χ4v) is 3.91. The fourth-order valence-electron chi connectivity index (χ4n) is 2.80. The smallest absolute Gasteiger partial charge is 0.282 e. The second kappa shape index (κ2) is 5.17. The van der Waals surface area contributed by atoms with Crippen LogP contribution in [0.1, 0.15) is 40.4 Å². The lowest BCUT2D eigenvalue weighted by molar-refractivity contribution is -0.119. The molecule has 2 amide bonds. The molecular weight excluding hydrogens is 324 g/mol. The third kappa shape index (κ3) is 2.62. The highest BCUT2D eigenvalue weighted by molar-refractivity contribution is 7.14. The van der Waals surface area contributed by atoms with Gasteiger partial charge in [-0.05, 0) is 12.8 Å². The van der Waals surface area contributed by atoms with Gasteiger partial charge < -0.3 is 10.2 Å². The molecule has 0 radical (unpaired) electrons. The molecule has 0 bridgehead atoms. The van der Waals surface area contributed by atoms with Crippen LogP contribution in [0.25, 0.3) is 0 Å². The molecule has 1 aromatic heterocycles. The number of thiazole rings is 1. The molecule has 0 aromatic carbocycles. The molecule has 0 aliphatic carbocycles. The largest absolute Gasteiger partial charge is 0.349 e. The molecule has 2 aliphatic rings. The van der Waals surface area contributed by atoms with E-state index in [2.05, 4.69) is 10.3 Å². The van der Waals surface area contributed by atoms with Gasteiger partial charge >= 0.3 is 0 Å². The molecule has 1 N–H and O–H groups in total. The van der Waals surface area contributed by atoms with Gasteiger partial charge in [0.25, 0.3) is 12.3 Å². The first-order chi connectivity index (χ1) is 9.90. The van der Waals surface area contributed by atoms with Gasteiger partial charge in [-0.15, -0.1) is 11.3 Å². The summed E-state index contributed by atoms with van der Waals surface area (Å²) in [5, 5.41) is 2.56. The number of carbonyl (C=O) groups excluding carboxylic acids is 2. The highest BCUT2D eigenvalue weighted by Gasteiger charge is 2.45. The van der Waals surface area contributed by atoms with Crippen molar-refractivity contribution in [2.45, 2.75) is 31.2 Å². The minimum Gasteiger partial charge on any atom is -0.349 e. The molecule has 2 fully saturated rings. The van der Waals surface area contributed by atoms with Crippen molar-refractivity contribution in [2.75, 3.05) is 13.1 Å². The fraction of sp³-hybridized carbons (Fsp3) is 0.583. The minimum absolute atomic E-state index is 0.0124. The van der Waals surface area contributed by atoms with Crippen molar-refractivity contribution in [3.05, 3.63) is 15.0 Å². The molecule has 1 unspecified atom stereocenters. The van der Waals surface area contributed by atoms with Gasteiger partial charge in [-0.3, -0.25) is 9.59 Å². The summed E-state index contributed by atoms with van der Waals surface area (Å²) in [6.45, 7) is 0.860. The van der Waals surface area contributed by atoms with Crippen molar-refractivity contribution in [1.29, 1.82) is 0 Å². The van der Waals surface area contributed by atoms with Gasteiger partial charge in [0, 0.05) is 19.5 Å². The lowest BCUT2D eigenvalue weighted by Crippen LogP contribution is -2.44. The monoisotopic (exact) mass is 335 g/mol. The van der Waals surface area contributed by atoms with Crippen molar-refractivity contribution >= 4 is 34.8 Å². The van der Waals surface area contributed by atoms with E-state index in [1.54, 1.807) is 0 Å². The van der Waals surface area contributed by atoms with Crippen molar-refractivity contribution in [3.8, 4) is 0 Å². The number of nitrogens with one attached hydrogen (secondary N) is 1. The molecule has 3 heterocycles. The van der Waals surface area contributed by atoms with Crippen molar-refractivity contribution in [1.82, 2.24) is 15.2 Å². The molecule has 9 heteroatoms. The quantitative estimate of drug-likeness (QED) is 0.901. The van der Waals surface area contributed by atoms with Gasteiger partial charge in [-0.1, -0.05) is 11.6 Å². The Morgan fingerprint density at radius 3 is 2.81 bits per heavy atom. The zero-order valence-electron chi connectivity index (χ0n) is 10.9. The number of nitrogens with zero attached hydrogens (tertiary/aromatic N) is 2. The van der Waals surface area contributed by atoms with Gasteiger partial charge in [0.1, 0.15) is 10.0 Å². The standard InChI is InChI=1S/C12H12ClF2N3O2S/c13-8-7(9(14)15)21-10(16-8)11(20)18-4-3-12(5-18)2-1-6(19)17-12/h9H,1-5H2,(H,17,19). The zero-order valence-corrected chi connectivity index (χ0v) is 12.4. The number of hydrogen-bond acceptors (Lipinski definition) is 4. The molecule has 1 spiro atoms. The van der Waals surface area contributed by atoms with E-state index in [4.69, 9.17) is 11.6 Å². The Balaban J connectivity index is 1.75. The molecule has 5 nitrogen and oxygen atoms in total. The maximum absolute atomic E-state index is 12.7. The Labute approximate surface area is 128 Å². The SMILES string of the molecule is O=C1CCC2(CCN(C(=O)c3nc(Cl)c(C(F)F)s3)C2)N1. The number of amides is 2. The number of rotatable bonds is 2. The average molecular weight is 336 g/mol. The number of likely N-dealkylation sites (tertiary alicyclic amines) is 1. The third-order valence-corrected chi connectivity index (χ3v) is 5.32. The topological polar surface area (TPSA) is 62.3 Å². The summed E-state index contributed by atoms with van der Waals surface area (Å²) in [6, 6.07) is 0. The molecular formula is C12H12ClF2N3O2S. The Kier molecular flexibility index (Phi) is 3.61. The molecule has 21 heavy (non-hydrogen) atoms. The number of hydrogen-bond donors (Lipinski definition) is 1. The van der Waals surface area contributed by atoms with Crippen molar-refractivity contribution < 1.29 is 18.4 Å². The first-order valence-corrected chi connectivity index (χ1v) is 7.64. The molecule has 2 saturated heterocycles. The van der Waals surface area contributed by atoms with E-state index >= 15 is 0 Å². The van der Waals surface area contributed by atoms with Crippen molar-refractivity contribution in [2.24, 2.45) is 0 Å². The highest BCUT2D eigenvalue weighted by atomic mass is 35.5. The van der Waals surface area contributed by atoms with Crippen LogP contribution < -0.4 is 5.32 Å². The van der Waals surface area contributed by atoms with Crippen LogP contribution in [0.15, 0.2) is 0 Å². The van der Waals surface area contributed by atoms with Crippen LogP contribution >= 0.6 is 22.9 Å². The summed E-state index contributed by atoms with van der Waals surface area (Å²) in [5.41, 5.74) is -0.362. The summed E-state index contributed by atoms with van der Waals surface area (Å²) in [5.74, 6) is -0.423. The van der Waals surface area contributed by atoms with Gasteiger partial charge in [-0.25, -0.2) is 13.8 Å². The Bertz CT molecular complexity index is 609. The lowest BCUT2D eigenvalue weighted by Gasteiger charge is -2.23. The molecule has 0 saturated carbocycles. The van der Waals surface area contributed by atoms with Crippen LogP contribution in [0.3, 0.4) is 0 Å². The molecule has 1 atom stereocenters. The van der Waals surface area contributed by atoms with E-state index in [0.29, 0.717) is 43.7 Å². The van der Waals surface area contributed by atoms with Crippen LogP contribution in [0, 0.1) is 0 Å². The summed E-state index contributed by atoms with van der Waals surface area (Å²) >= 11 is 6.24. The predicted molar refractivity (Wildman–Crippen MR) is 72.7 cm³/mol. The number of alkyl halides is 2. The van der Waals surface area contributed by atoms with Crippen LogP contribution in [0.2, 0.25) is 5.15 Å².